The van der Waals surface area contributed by atoms with Crippen molar-refractivity contribution < 1.29 is 9.53 Å². The van der Waals surface area contributed by atoms with E-state index in [2.05, 4.69) is 5.32 Å². The van der Waals surface area contributed by atoms with Gasteiger partial charge in [-0.1, -0.05) is 0 Å². The van der Waals surface area contributed by atoms with Gasteiger partial charge in [-0.2, -0.15) is 0 Å². The number of rotatable bonds is 0. The van der Waals surface area contributed by atoms with Crippen LogP contribution in [0.3, 0.4) is 0 Å². The Morgan fingerprint density at radius 2 is 2.18 bits per heavy atom. The average Bonchev–Trinajstić information content (AvgIpc) is 2.60. The highest BCUT2D eigenvalue weighted by molar-refractivity contribution is 5.82. The predicted octanol–water partition coefficient (Wildman–Crippen LogP) is -0.0902. The summed E-state index contributed by atoms with van der Waals surface area (Å²) in [7, 11) is 0. The Labute approximate surface area is 65.1 Å². The van der Waals surface area contributed by atoms with Crippen LogP contribution in [-0.2, 0) is 9.53 Å². The Bertz CT molecular complexity index is 216. The standard InChI is InChI=1S/C8H11NO2/c10-8-7-4(3-9-8)5-1-2-6(7)11-5/h4-7H,1-3H2,(H,9,10)/t4-,5-,6-,7+/m1/s1. The molecule has 11 heavy (non-hydrogen) atoms. The van der Waals surface area contributed by atoms with Crippen LogP contribution in [-0.4, -0.2) is 24.7 Å². The number of carbonyl (C=O) groups excluding carboxylic acids is 1. The molecule has 0 radical (unpaired) electrons. The lowest BCUT2D eigenvalue weighted by Gasteiger charge is -2.16. The molecular weight excluding hydrogens is 142 g/mol. The van der Waals surface area contributed by atoms with Gasteiger partial charge in [0.25, 0.3) is 0 Å². The van der Waals surface area contributed by atoms with Crippen molar-refractivity contribution in [2.75, 3.05) is 6.54 Å². The van der Waals surface area contributed by atoms with E-state index in [9.17, 15) is 4.79 Å². The maximum atomic E-state index is 11.3. The fraction of sp³-hybridized carbons (Fsp3) is 0.875. The van der Waals surface area contributed by atoms with Gasteiger partial charge < -0.3 is 10.1 Å². The van der Waals surface area contributed by atoms with Crippen LogP contribution in [0.25, 0.3) is 0 Å². The molecule has 3 heterocycles. The number of hydrogen-bond acceptors (Lipinski definition) is 2. The first-order chi connectivity index (χ1) is 5.36. The molecule has 0 aliphatic carbocycles. The molecule has 60 valence electrons. The summed E-state index contributed by atoms with van der Waals surface area (Å²) < 4.78 is 5.65. The summed E-state index contributed by atoms with van der Waals surface area (Å²) in [6.45, 7) is 0.852. The Morgan fingerprint density at radius 1 is 1.36 bits per heavy atom. The minimum Gasteiger partial charge on any atom is -0.374 e. The molecule has 3 saturated heterocycles. The summed E-state index contributed by atoms with van der Waals surface area (Å²) in [6.07, 6.45) is 2.91. The molecule has 3 heteroatoms. The van der Waals surface area contributed by atoms with Crippen molar-refractivity contribution >= 4 is 5.91 Å². The van der Waals surface area contributed by atoms with Gasteiger partial charge in [-0.05, 0) is 12.8 Å². The van der Waals surface area contributed by atoms with Gasteiger partial charge in [-0.25, -0.2) is 0 Å². The molecule has 0 unspecified atom stereocenters. The van der Waals surface area contributed by atoms with Crippen LogP contribution in [0.5, 0.6) is 0 Å². The predicted molar refractivity (Wildman–Crippen MR) is 37.9 cm³/mol. The second kappa shape index (κ2) is 1.78. The molecule has 1 amide bonds. The minimum absolute atomic E-state index is 0.203. The maximum absolute atomic E-state index is 11.3. The third kappa shape index (κ3) is 0.601. The molecule has 0 aromatic carbocycles. The largest absolute Gasteiger partial charge is 0.374 e. The van der Waals surface area contributed by atoms with E-state index < -0.39 is 0 Å². The Morgan fingerprint density at radius 3 is 3.00 bits per heavy atom. The summed E-state index contributed by atoms with van der Waals surface area (Å²) in [6, 6.07) is 0. The minimum atomic E-state index is 0.203. The van der Waals surface area contributed by atoms with Crippen molar-refractivity contribution in [3.05, 3.63) is 0 Å². The van der Waals surface area contributed by atoms with E-state index in [1.54, 1.807) is 0 Å². The SMILES string of the molecule is O=C1NC[C@H]2[C@H]1[C@H]1CC[C@H]2O1. The molecule has 0 spiro atoms. The van der Waals surface area contributed by atoms with Gasteiger partial charge in [-0.15, -0.1) is 0 Å². The molecular formula is C8H11NO2. The van der Waals surface area contributed by atoms with Gasteiger partial charge in [0.1, 0.15) is 0 Å². The second-order valence-electron chi connectivity index (χ2n) is 3.73. The molecule has 3 rings (SSSR count). The second-order valence-corrected chi connectivity index (χ2v) is 3.73. The van der Waals surface area contributed by atoms with E-state index in [1.165, 1.54) is 6.42 Å². The van der Waals surface area contributed by atoms with Crippen LogP contribution in [0.2, 0.25) is 0 Å². The highest BCUT2D eigenvalue weighted by Crippen LogP contribution is 2.45. The summed E-state index contributed by atoms with van der Waals surface area (Å²) in [5.74, 6) is 0.928. The fourth-order valence-electron chi connectivity index (χ4n) is 2.73. The molecule has 3 aliphatic rings. The van der Waals surface area contributed by atoms with E-state index in [1.807, 2.05) is 0 Å². The maximum Gasteiger partial charge on any atom is 0.226 e. The Hall–Kier alpha value is -0.570. The van der Waals surface area contributed by atoms with Crippen molar-refractivity contribution in [3.8, 4) is 0 Å². The van der Waals surface area contributed by atoms with Crippen LogP contribution in [0.15, 0.2) is 0 Å². The molecule has 2 bridgehead atoms. The zero-order valence-electron chi connectivity index (χ0n) is 6.25. The smallest absolute Gasteiger partial charge is 0.226 e. The van der Waals surface area contributed by atoms with E-state index in [0.717, 1.165) is 13.0 Å². The van der Waals surface area contributed by atoms with Gasteiger partial charge >= 0.3 is 0 Å². The van der Waals surface area contributed by atoms with Gasteiger partial charge in [0, 0.05) is 12.5 Å². The topological polar surface area (TPSA) is 38.3 Å². The monoisotopic (exact) mass is 153 g/mol. The van der Waals surface area contributed by atoms with Crippen LogP contribution in [0, 0.1) is 11.8 Å². The fourth-order valence-corrected chi connectivity index (χ4v) is 2.73. The zero-order valence-corrected chi connectivity index (χ0v) is 6.25. The molecule has 3 nitrogen and oxygen atoms in total. The highest BCUT2D eigenvalue weighted by atomic mass is 16.5. The lowest BCUT2D eigenvalue weighted by atomic mass is 9.81. The molecule has 1 N–H and O–H groups in total. The molecule has 3 fully saturated rings. The first-order valence-electron chi connectivity index (χ1n) is 4.29. The number of carbonyl (C=O) groups is 1. The van der Waals surface area contributed by atoms with E-state index in [-0.39, 0.29) is 17.9 Å². The Balaban J connectivity index is 1.97. The van der Waals surface area contributed by atoms with E-state index in [0.29, 0.717) is 12.0 Å². The molecule has 0 aromatic rings. The highest BCUT2D eigenvalue weighted by Gasteiger charge is 2.54. The van der Waals surface area contributed by atoms with Crippen molar-refractivity contribution in [2.45, 2.75) is 25.0 Å². The molecule has 3 aliphatic heterocycles. The number of fused-ring (bicyclic) bond motifs is 5. The van der Waals surface area contributed by atoms with E-state index >= 15 is 0 Å². The zero-order chi connectivity index (χ0) is 7.42. The van der Waals surface area contributed by atoms with Gasteiger partial charge in [0.2, 0.25) is 5.91 Å². The lowest BCUT2D eigenvalue weighted by Crippen LogP contribution is -2.28. The van der Waals surface area contributed by atoms with Gasteiger partial charge in [0.15, 0.2) is 0 Å². The molecule has 0 aromatic heterocycles. The van der Waals surface area contributed by atoms with Crippen molar-refractivity contribution in [3.63, 3.8) is 0 Å². The van der Waals surface area contributed by atoms with E-state index in [4.69, 9.17) is 4.74 Å². The summed E-state index contributed by atoms with van der Waals surface area (Å²) in [4.78, 5) is 11.3. The van der Waals surface area contributed by atoms with Crippen LogP contribution in [0.1, 0.15) is 12.8 Å². The van der Waals surface area contributed by atoms with Crippen LogP contribution in [0.4, 0.5) is 0 Å². The first-order valence-corrected chi connectivity index (χ1v) is 4.29. The van der Waals surface area contributed by atoms with Crippen LogP contribution >= 0.6 is 0 Å². The summed E-state index contributed by atoms with van der Waals surface area (Å²) >= 11 is 0. The van der Waals surface area contributed by atoms with Crippen LogP contribution < -0.4 is 5.32 Å². The third-order valence-electron chi connectivity index (χ3n) is 3.24. The van der Waals surface area contributed by atoms with Crippen molar-refractivity contribution in [1.29, 1.82) is 0 Å². The van der Waals surface area contributed by atoms with Gasteiger partial charge in [-0.3, -0.25) is 4.79 Å². The normalized spacial score (nSPS) is 52.9. The number of amides is 1. The third-order valence-corrected chi connectivity index (χ3v) is 3.24. The van der Waals surface area contributed by atoms with Crippen molar-refractivity contribution in [2.24, 2.45) is 11.8 Å². The Kier molecular flexibility index (Phi) is 0.969. The molecule has 4 atom stereocenters. The number of nitrogens with one attached hydrogen (secondary N) is 1. The molecule has 0 saturated carbocycles. The lowest BCUT2D eigenvalue weighted by molar-refractivity contribution is -0.124. The summed E-state index contributed by atoms with van der Waals surface area (Å²) in [5, 5.41) is 2.90. The number of ether oxygens (including phenoxy) is 1. The average molecular weight is 153 g/mol. The van der Waals surface area contributed by atoms with Gasteiger partial charge in [0.05, 0.1) is 18.1 Å². The first kappa shape index (κ1) is 6.00. The van der Waals surface area contributed by atoms with Crippen molar-refractivity contribution in [1.82, 2.24) is 5.32 Å². The number of hydrogen-bond donors (Lipinski definition) is 1. The quantitative estimate of drug-likeness (QED) is 0.528. The summed E-state index contributed by atoms with van der Waals surface area (Å²) in [5.41, 5.74) is 0.